The van der Waals surface area contributed by atoms with E-state index in [0.717, 1.165) is 16.8 Å². The van der Waals surface area contributed by atoms with Crippen LogP contribution in [0.2, 0.25) is 0 Å². The van der Waals surface area contributed by atoms with E-state index in [1.807, 2.05) is 29.2 Å². The maximum atomic E-state index is 12.7. The minimum absolute atomic E-state index is 0.0159. The number of ketones is 1. The molecule has 152 valence electrons. The van der Waals surface area contributed by atoms with Crippen molar-refractivity contribution in [3.8, 4) is 0 Å². The van der Waals surface area contributed by atoms with Gasteiger partial charge in [0.2, 0.25) is 0 Å². The largest absolute Gasteiger partial charge is 0.388 e. The first kappa shape index (κ1) is 19.0. The molecule has 0 aliphatic carbocycles. The summed E-state index contributed by atoms with van der Waals surface area (Å²) >= 11 is 5.66. The molecule has 30 heavy (non-hydrogen) atoms. The van der Waals surface area contributed by atoms with Gasteiger partial charge in [0, 0.05) is 42.3 Å². The minimum Gasteiger partial charge on any atom is -0.388 e. The zero-order valence-corrected chi connectivity index (χ0v) is 17.4. The number of nitrogens with zero attached hydrogens (tertiary/aromatic N) is 3. The molecule has 2 aliphatic heterocycles. The third-order valence-corrected chi connectivity index (χ3v) is 6.72. The smallest absolute Gasteiger partial charge is 0.325 e. The van der Waals surface area contributed by atoms with Crippen LogP contribution in [-0.2, 0) is 13.1 Å². The van der Waals surface area contributed by atoms with Gasteiger partial charge in [0.25, 0.3) is 0 Å². The van der Waals surface area contributed by atoms with Crippen molar-refractivity contribution in [2.24, 2.45) is 0 Å². The van der Waals surface area contributed by atoms with Gasteiger partial charge in [-0.25, -0.2) is 4.79 Å². The van der Waals surface area contributed by atoms with Gasteiger partial charge in [-0.3, -0.25) is 9.69 Å². The number of aromatic nitrogens is 1. The molecule has 1 unspecified atom stereocenters. The zero-order chi connectivity index (χ0) is 21.0. The Kier molecular flexibility index (Phi) is 4.45. The average Bonchev–Trinajstić information content (AvgIpc) is 3.09. The second-order valence-electron chi connectivity index (χ2n) is 7.85. The summed E-state index contributed by atoms with van der Waals surface area (Å²) in [7, 11) is 1.75. The highest BCUT2D eigenvalue weighted by atomic mass is 32.1. The Morgan fingerprint density at radius 1 is 1.17 bits per heavy atom. The van der Waals surface area contributed by atoms with Crippen LogP contribution >= 0.6 is 12.2 Å². The molecule has 2 aromatic carbocycles. The number of benzene rings is 2. The SMILES string of the molecule is CN1C(=O)N2Cc3c(c4ccccc4n3Cc3ccc(C(=O)CO)cc3)C(C2)C1=S. The maximum absolute atomic E-state index is 12.7. The summed E-state index contributed by atoms with van der Waals surface area (Å²) < 4.78 is 2.26. The van der Waals surface area contributed by atoms with Crippen molar-refractivity contribution in [2.75, 3.05) is 20.2 Å². The van der Waals surface area contributed by atoms with E-state index in [2.05, 4.69) is 16.7 Å². The molecular formula is C23H21N3O3S. The van der Waals surface area contributed by atoms with Gasteiger partial charge in [0.15, 0.2) is 5.78 Å². The van der Waals surface area contributed by atoms with E-state index in [1.54, 1.807) is 24.1 Å². The molecule has 1 atom stereocenters. The molecule has 1 fully saturated rings. The third-order valence-electron chi connectivity index (χ3n) is 6.16. The van der Waals surface area contributed by atoms with Gasteiger partial charge in [-0.2, -0.15) is 0 Å². The Balaban J connectivity index is 1.62. The summed E-state index contributed by atoms with van der Waals surface area (Å²) in [6.07, 6.45) is 0. The van der Waals surface area contributed by atoms with Crippen molar-refractivity contribution >= 4 is 39.9 Å². The molecule has 0 spiro atoms. The lowest BCUT2D eigenvalue weighted by Gasteiger charge is -2.42. The summed E-state index contributed by atoms with van der Waals surface area (Å²) in [4.78, 5) is 28.5. The number of carbonyl (C=O) groups excluding carboxylic acids is 2. The number of hydrogen-bond donors (Lipinski definition) is 1. The highest BCUT2D eigenvalue weighted by molar-refractivity contribution is 7.80. The number of para-hydroxylation sites is 1. The van der Waals surface area contributed by atoms with E-state index in [9.17, 15) is 9.59 Å². The first-order valence-electron chi connectivity index (χ1n) is 9.89. The van der Waals surface area contributed by atoms with Gasteiger partial charge < -0.3 is 14.6 Å². The fourth-order valence-electron chi connectivity index (χ4n) is 4.64. The molecule has 6 nitrogen and oxygen atoms in total. The van der Waals surface area contributed by atoms with E-state index < -0.39 is 6.61 Å². The van der Waals surface area contributed by atoms with Crippen LogP contribution in [0.3, 0.4) is 0 Å². The van der Waals surface area contributed by atoms with Crippen molar-refractivity contribution in [1.29, 1.82) is 0 Å². The summed E-state index contributed by atoms with van der Waals surface area (Å²) in [5.74, 6) is -0.274. The van der Waals surface area contributed by atoms with E-state index in [4.69, 9.17) is 17.3 Å². The number of aliphatic hydroxyl groups is 1. The summed E-state index contributed by atoms with van der Waals surface area (Å²) in [6, 6.07) is 15.6. The van der Waals surface area contributed by atoms with Crippen molar-refractivity contribution in [2.45, 2.75) is 19.0 Å². The zero-order valence-electron chi connectivity index (χ0n) is 16.5. The molecule has 0 radical (unpaired) electrons. The lowest BCUT2D eigenvalue weighted by molar-refractivity contribution is 0.0903. The monoisotopic (exact) mass is 419 g/mol. The van der Waals surface area contributed by atoms with Crippen LogP contribution in [0.5, 0.6) is 0 Å². The molecule has 5 rings (SSSR count). The number of Topliss-reactive ketones (excluding diaryl/α,β-unsaturated/α-hetero) is 1. The minimum atomic E-state index is -0.491. The fourth-order valence-corrected chi connectivity index (χ4v) is 4.91. The van der Waals surface area contributed by atoms with Crippen molar-refractivity contribution < 1.29 is 14.7 Å². The summed E-state index contributed by atoms with van der Waals surface area (Å²) in [5.41, 5.74) is 5.00. The van der Waals surface area contributed by atoms with Crippen LogP contribution in [-0.4, -0.2) is 56.5 Å². The average molecular weight is 420 g/mol. The van der Waals surface area contributed by atoms with Gasteiger partial charge in [-0.05, 0) is 17.2 Å². The van der Waals surface area contributed by atoms with E-state index in [-0.39, 0.29) is 17.7 Å². The molecule has 2 aliphatic rings. The quantitative estimate of drug-likeness (QED) is 0.521. The lowest BCUT2D eigenvalue weighted by atomic mass is 9.89. The van der Waals surface area contributed by atoms with Gasteiger partial charge in [0.1, 0.15) is 6.61 Å². The highest BCUT2D eigenvalue weighted by Crippen LogP contribution is 2.41. The molecule has 2 bridgehead atoms. The summed E-state index contributed by atoms with van der Waals surface area (Å²) in [6.45, 7) is 1.31. The van der Waals surface area contributed by atoms with Gasteiger partial charge in [-0.15, -0.1) is 0 Å². The molecule has 1 N–H and O–H groups in total. The molecule has 7 heteroatoms. The van der Waals surface area contributed by atoms with Crippen molar-refractivity contribution in [1.82, 2.24) is 14.4 Å². The number of aliphatic hydroxyl groups excluding tert-OH is 1. The summed E-state index contributed by atoms with van der Waals surface area (Å²) in [5, 5.41) is 10.2. The molecule has 1 aromatic heterocycles. The second-order valence-corrected chi connectivity index (χ2v) is 8.27. The van der Waals surface area contributed by atoms with Crippen LogP contribution < -0.4 is 0 Å². The number of fused-ring (bicyclic) bond motifs is 6. The first-order chi connectivity index (χ1) is 14.5. The van der Waals surface area contributed by atoms with Crippen LogP contribution in [0.25, 0.3) is 10.9 Å². The van der Waals surface area contributed by atoms with Crippen molar-refractivity contribution in [3.63, 3.8) is 0 Å². The number of rotatable bonds is 4. The number of carbonyl (C=O) groups is 2. The second kappa shape index (κ2) is 7.04. The van der Waals surface area contributed by atoms with E-state index in [1.165, 1.54) is 10.9 Å². The lowest BCUT2D eigenvalue weighted by Crippen LogP contribution is -2.55. The van der Waals surface area contributed by atoms with Crippen LogP contribution in [0.15, 0.2) is 48.5 Å². The fraction of sp³-hybridized carbons (Fsp3) is 0.261. The molecule has 0 saturated carbocycles. The van der Waals surface area contributed by atoms with Crippen LogP contribution in [0, 0.1) is 0 Å². The third kappa shape index (κ3) is 2.77. The van der Waals surface area contributed by atoms with Crippen LogP contribution in [0.1, 0.15) is 33.1 Å². The molecular weight excluding hydrogens is 398 g/mol. The van der Waals surface area contributed by atoms with Gasteiger partial charge in [-0.1, -0.05) is 54.7 Å². The highest BCUT2D eigenvalue weighted by Gasteiger charge is 2.42. The predicted octanol–water partition coefficient (Wildman–Crippen LogP) is 3.16. The molecule has 2 amide bonds. The number of hydrogen-bond acceptors (Lipinski definition) is 4. The Hall–Kier alpha value is -3.03. The standard InChI is InChI=1S/C23H21N3O3S/c1-24-22(30)17-11-25(23(24)29)12-19-21(17)16-4-2-3-5-18(16)26(19)10-14-6-8-15(9-7-14)20(28)13-27/h2-9,17,27H,10-13H2,1H3. The Bertz CT molecular complexity index is 1200. The number of thiocarbonyl (C=S) groups is 1. The Morgan fingerprint density at radius 2 is 1.90 bits per heavy atom. The maximum Gasteiger partial charge on any atom is 0.325 e. The first-order valence-corrected chi connectivity index (χ1v) is 10.3. The number of amides is 2. The predicted molar refractivity (Wildman–Crippen MR) is 118 cm³/mol. The Morgan fingerprint density at radius 3 is 2.63 bits per heavy atom. The normalized spacial score (nSPS) is 18.1. The van der Waals surface area contributed by atoms with E-state index in [0.29, 0.717) is 30.2 Å². The number of urea groups is 1. The molecule has 3 heterocycles. The molecule has 1 saturated heterocycles. The van der Waals surface area contributed by atoms with Gasteiger partial charge >= 0.3 is 6.03 Å². The van der Waals surface area contributed by atoms with Crippen molar-refractivity contribution in [3.05, 3.63) is 70.9 Å². The van der Waals surface area contributed by atoms with Crippen LogP contribution in [0.4, 0.5) is 4.79 Å². The number of likely N-dealkylation sites (N-methyl/N-ethyl adjacent to an activating group) is 1. The molecule has 3 aromatic rings. The van der Waals surface area contributed by atoms with Gasteiger partial charge in [0.05, 0.1) is 17.5 Å². The van der Waals surface area contributed by atoms with E-state index >= 15 is 0 Å². The topological polar surface area (TPSA) is 65.8 Å². The Labute approximate surface area is 179 Å².